The van der Waals surface area contributed by atoms with E-state index in [2.05, 4.69) is 10.3 Å². The van der Waals surface area contributed by atoms with Gasteiger partial charge in [-0.15, -0.1) is 11.3 Å². The van der Waals surface area contributed by atoms with Crippen molar-refractivity contribution in [3.05, 3.63) is 40.7 Å². The lowest BCUT2D eigenvalue weighted by molar-refractivity contribution is -0.116. The number of nitrogens with zero attached hydrogens (tertiary/aromatic N) is 2. The average molecular weight is 307 g/mol. The van der Waals surface area contributed by atoms with Crippen LogP contribution in [0, 0.1) is 12.7 Å². The smallest absolute Gasteiger partial charge is 0.225 e. The number of benzene rings is 1. The fourth-order valence-corrected chi connectivity index (χ4v) is 2.87. The number of nitrogens with one attached hydrogen (secondary N) is 1. The lowest BCUT2D eigenvalue weighted by Crippen LogP contribution is -2.27. The molecule has 0 aliphatic carbocycles. The highest BCUT2D eigenvalue weighted by atomic mass is 32.1. The normalized spacial score (nSPS) is 10.5. The molecule has 0 saturated heterocycles. The topological polar surface area (TPSA) is 45.2 Å². The van der Waals surface area contributed by atoms with Crippen LogP contribution in [0.4, 0.5) is 15.2 Å². The summed E-state index contributed by atoms with van der Waals surface area (Å²) >= 11 is 1.45. The second-order valence-electron chi connectivity index (χ2n) is 4.70. The summed E-state index contributed by atoms with van der Waals surface area (Å²) in [4.78, 5) is 17.6. The zero-order chi connectivity index (χ0) is 15.4. The van der Waals surface area contributed by atoms with Crippen molar-refractivity contribution in [2.45, 2.75) is 27.3 Å². The number of hydrogen-bond donors (Lipinski definition) is 1. The van der Waals surface area contributed by atoms with Gasteiger partial charge in [-0.25, -0.2) is 9.37 Å². The summed E-state index contributed by atoms with van der Waals surface area (Å²) in [6, 6.07) is 4.90. The number of carbonyl (C=O) groups is 1. The first kappa shape index (κ1) is 15.4. The van der Waals surface area contributed by atoms with E-state index < -0.39 is 0 Å². The Hall–Kier alpha value is -1.95. The number of thiazole rings is 1. The van der Waals surface area contributed by atoms with Crippen LogP contribution in [0.5, 0.6) is 0 Å². The highest BCUT2D eigenvalue weighted by Gasteiger charge is 2.13. The molecule has 0 spiro atoms. The van der Waals surface area contributed by atoms with Crippen LogP contribution in [0.15, 0.2) is 23.6 Å². The highest BCUT2D eigenvalue weighted by Crippen LogP contribution is 2.21. The van der Waals surface area contributed by atoms with E-state index in [1.807, 2.05) is 12.3 Å². The van der Waals surface area contributed by atoms with E-state index in [4.69, 9.17) is 0 Å². The summed E-state index contributed by atoms with van der Waals surface area (Å²) < 4.78 is 13.2. The molecule has 21 heavy (non-hydrogen) atoms. The van der Waals surface area contributed by atoms with Gasteiger partial charge in [-0.1, -0.05) is 0 Å². The van der Waals surface area contributed by atoms with Crippen molar-refractivity contribution in [3.8, 4) is 0 Å². The molecule has 4 nitrogen and oxygen atoms in total. The van der Waals surface area contributed by atoms with E-state index in [1.165, 1.54) is 24.3 Å². The molecule has 2 rings (SSSR count). The van der Waals surface area contributed by atoms with Crippen LogP contribution in [0.2, 0.25) is 0 Å². The van der Waals surface area contributed by atoms with Crippen LogP contribution in [0.3, 0.4) is 0 Å². The lowest BCUT2D eigenvalue weighted by atomic mass is 10.2. The molecule has 1 N–H and O–H groups in total. The SMILES string of the molecule is CCN(C(C)=O)c1nc(CNc2ccc(F)c(C)c2)cs1. The quantitative estimate of drug-likeness (QED) is 0.918. The van der Waals surface area contributed by atoms with Crippen molar-refractivity contribution < 1.29 is 9.18 Å². The molecule has 1 aromatic carbocycles. The molecular weight excluding hydrogens is 289 g/mol. The second-order valence-corrected chi connectivity index (χ2v) is 5.54. The summed E-state index contributed by atoms with van der Waals surface area (Å²) in [7, 11) is 0. The van der Waals surface area contributed by atoms with Crippen LogP contribution < -0.4 is 10.2 Å². The number of amides is 1. The minimum absolute atomic E-state index is 0.0134. The van der Waals surface area contributed by atoms with Crippen LogP contribution in [-0.2, 0) is 11.3 Å². The molecule has 0 fully saturated rings. The van der Waals surface area contributed by atoms with Gasteiger partial charge in [-0.2, -0.15) is 0 Å². The summed E-state index contributed by atoms with van der Waals surface area (Å²) in [6.45, 7) is 6.32. The zero-order valence-electron chi connectivity index (χ0n) is 12.3. The molecule has 1 aromatic heterocycles. The third-order valence-electron chi connectivity index (χ3n) is 3.10. The van der Waals surface area contributed by atoms with Crippen molar-refractivity contribution in [1.82, 2.24) is 4.98 Å². The van der Waals surface area contributed by atoms with Gasteiger partial charge in [0.25, 0.3) is 0 Å². The molecule has 112 valence electrons. The molecule has 0 saturated carbocycles. The van der Waals surface area contributed by atoms with E-state index >= 15 is 0 Å². The van der Waals surface area contributed by atoms with Crippen LogP contribution in [-0.4, -0.2) is 17.4 Å². The van der Waals surface area contributed by atoms with Gasteiger partial charge in [0.15, 0.2) is 5.13 Å². The van der Waals surface area contributed by atoms with E-state index in [9.17, 15) is 9.18 Å². The Balaban J connectivity index is 2.02. The maximum atomic E-state index is 13.2. The molecule has 0 atom stereocenters. The standard InChI is InChI=1S/C15H18FN3OS/c1-4-19(11(3)20)15-18-13(9-21-15)8-17-12-5-6-14(16)10(2)7-12/h5-7,9,17H,4,8H2,1-3H3. The Labute approximate surface area is 127 Å². The molecule has 0 radical (unpaired) electrons. The van der Waals surface area contributed by atoms with Gasteiger partial charge in [-0.3, -0.25) is 9.69 Å². The third-order valence-corrected chi connectivity index (χ3v) is 4.01. The fourth-order valence-electron chi connectivity index (χ4n) is 1.94. The average Bonchev–Trinajstić information content (AvgIpc) is 2.89. The number of hydrogen-bond acceptors (Lipinski definition) is 4. The third kappa shape index (κ3) is 3.78. The first-order chi connectivity index (χ1) is 10.0. The maximum Gasteiger partial charge on any atom is 0.225 e. The largest absolute Gasteiger partial charge is 0.379 e. The molecule has 0 bridgehead atoms. The van der Waals surface area contributed by atoms with E-state index in [1.54, 1.807) is 24.0 Å². The van der Waals surface area contributed by atoms with Gasteiger partial charge in [0.05, 0.1) is 12.2 Å². The van der Waals surface area contributed by atoms with Crippen molar-refractivity contribution in [2.75, 3.05) is 16.8 Å². The Morgan fingerprint density at radius 1 is 1.48 bits per heavy atom. The number of rotatable bonds is 5. The van der Waals surface area contributed by atoms with Crippen molar-refractivity contribution in [1.29, 1.82) is 0 Å². The molecule has 0 aliphatic heterocycles. The van der Waals surface area contributed by atoms with Crippen molar-refractivity contribution in [2.24, 2.45) is 0 Å². The highest BCUT2D eigenvalue weighted by molar-refractivity contribution is 7.14. The Bertz CT molecular complexity index is 642. The maximum absolute atomic E-state index is 13.2. The predicted octanol–water partition coefficient (Wildman–Crippen LogP) is 3.58. The predicted molar refractivity (Wildman–Crippen MR) is 84.3 cm³/mol. The summed E-state index contributed by atoms with van der Waals surface area (Å²) in [5, 5.41) is 5.83. The molecule has 0 aliphatic rings. The Morgan fingerprint density at radius 3 is 2.86 bits per heavy atom. The Kier molecular flexibility index (Phi) is 4.90. The number of anilines is 2. The van der Waals surface area contributed by atoms with Crippen LogP contribution >= 0.6 is 11.3 Å². The van der Waals surface area contributed by atoms with Crippen LogP contribution in [0.1, 0.15) is 25.1 Å². The molecule has 0 unspecified atom stereocenters. The first-order valence-electron chi connectivity index (χ1n) is 6.73. The van der Waals surface area contributed by atoms with Gasteiger partial charge in [-0.05, 0) is 37.6 Å². The Morgan fingerprint density at radius 2 is 2.24 bits per heavy atom. The summed E-state index contributed by atoms with van der Waals surface area (Å²) in [6.07, 6.45) is 0. The van der Waals surface area contributed by atoms with Crippen LogP contribution in [0.25, 0.3) is 0 Å². The van der Waals surface area contributed by atoms with Gasteiger partial charge < -0.3 is 5.32 Å². The van der Waals surface area contributed by atoms with E-state index in [-0.39, 0.29) is 11.7 Å². The zero-order valence-corrected chi connectivity index (χ0v) is 13.1. The molecule has 1 amide bonds. The van der Waals surface area contributed by atoms with E-state index in [0.717, 1.165) is 11.4 Å². The minimum Gasteiger partial charge on any atom is -0.379 e. The lowest BCUT2D eigenvalue weighted by Gasteiger charge is -2.14. The molecule has 1 heterocycles. The fraction of sp³-hybridized carbons (Fsp3) is 0.333. The molecular formula is C15H18FN3OS. The van der Waals surface area contributed by atoms with E-state index in [0.29, 0.717) is 23.8 Å². The summed E-state index contributed by atoms with van der Waals surface area (Å²) in [5.41, 5.74) is 2.31. The molecule has 2 aromatic rings. The van der Waals surface area contributed by atoms with Gasteiger partial charge in [0.1, 0.15) is 5.82 Å². The number of halogens is 1. The number of aromatic nitrogens is 1. The second kappa shape index (κ2) is 6.67. The first-order valence-corrected chi connectivity index (χ1v) is 7.61. The van der Waals surface area contributed by atoms with Crippen molar-refractivity contribution in [3.63, 3.8) is 0 Å². The van der Waals surface area contributed by atoms with Gasteiger partial charge >= 0.3 is 0 Å². The van der Waals surface area contributed by atoms with Crippen molar-refractivity contribution >= 4 is 28.1 Å². The minimum atomic E-state index is -0.212. The number of aryl methyl sites for hydroxylation is 1. The monoisotopic (exact) mass is 307 g/mol. The van der Waals surface area contributed by atoms with Gasteiger partial charge in [0.2, 0.25) is 5.91 Å². The summed E-state index contributed by atoms with van der Waals surface area (Å²) in [5.74, 6) is -0.225. The number of carbonyl (C=O) groups excluding carboxylic acids is 1. The van der Waals surface area contributed by atoms with Gasteiger partial charge in [0, 0.05) is 24.5 Å². The molecule has 6 heteroatoms.